The Morgan fingerprint density at radius 1 is 1.10 bits per heavy atom. The molecule has 3 rings (SSSR count). The fraction of sp³-hybridized carbons (Fsp3) is 0.632. The van der Waals surface area contributed by atoms with E-state index in [-0.39, 0.29) is 24.8 Å². The SMILES string of the molecule is CC1(C)OB(c2ccc(C(=O)N3CCCC(C(F)(F)F)C3)c(F)c2F)OC1(C)C. The summed E-state index contributed by atoms with van der Waals surface area (Å²) in [5.74, 6) is -5.36. The van der Waals surface area contributed by atoms with Crippen molar-refractivity contribution in [2.24, 2.45) is 5.92 Å². The van der Waals surface area contributed by atoms with Gasteiger partial charge in [-0.2, -0.15) is 13.2 Å². The number of amides is 1. The maximum Gasteiger partial charge on any atom is 0.497 e. The van der Waals surface area contributed by atoms with E-state index in [4.69, 9.17) is 9.31 Å². The third-order valence-corrected chi connectivity index (χ3v) is 6.02. The molecule has 4 nitrogen and oxygen atoms in total. The van der Waals surface area contributed by atoms with Gasteiger partial charge in [-0.25, -0.2) is 8.78 Å². The molecule has 160 valence electrons. The van der Waals surface area contributed by atoms with E-state index in [1.807, 2.05) is 0 Å². The molecular weight excluding hydrogens is 396 g/mol. The van der Waals surface area contributed by atoms with E-state index in [9.17, 15) is 26.7 Å². The van der Waals surface area contributed by atoms with Crippen molar-refractivity contribution in [3.63, 3.8) is 0 Å². The summed E-state index contributed by atoms with van der Waals surface area (Å²) in [6.07, 6.45) is -4.39. The third-order valence-electron chi connectivity index (χ3n) is 6.02. The Morgan fingerprint density at radius 2 is 1.69 bits per heavy atom. The summed E-state index contributed by atoms with van der Waals surface area (Å²) in [7, 11) is -1.16. The van der Waals surface area contributed by atoms with Crippen LogP contribution in [-0.4, -0.2) is 48.4 Å². The predicted octanol–water partition coefficient (Wildman–Crippen LogP) is 3.68. The lowest BCUT2D eigenvalue weighted by Gasteiger charge is -2.33. The molecule has 1 amide bonds. The fourth-order valence-corrected chi connectivity index (χ4v) is 3.48. The molecule has 1 aromatic rings. The van der Waals surface area contributed by atoms with Gasteiger partial charge in [0.15, 0.2) is 11.6 Å². The third kappa shape index (κ3) is 4.01. The van der Waals surface area contributed by atoms with Gasteiger partial charge in [-0.3, -0.25) is 4.79 Å². The molecule has 0 aromatic heterocycles. The second-order valence-corrected chi connectivity index (χ2v) is 8.55. The molecule has 29 heavy (non-hydrogen) atoms. The van der Waals surface area contributed by atoms with Crippen molar-refractivity contribution in [2.45, 2.75) is 57.9 Å². The number of alkyl halides is 3. The lowest BCUT2D eigenvalue weighted by Crippen LogP contribution is -2.45. The highest BCUT2D eigenvalue weighted by Gasteiger charge is 2.53. The molecular formula is C19H23BF5NO3. The highest BCUT2D eigenvalue weighted by molar-refractivity contribution is 6.62. The van der Waals surface area contributed by atoms with Crippen LogP contribution in [0.3, 0.4) is 0 Å². The average molecular weight is 419 g/mol. The Hall–Kier alpha value is -1.68. The number of halogens is 5. The minimum Gasteiger partial charge on any atom is -0.399 e. The van der Waals surface area contributed by atoms with Crippen LogP contribution in [0.25, 0.3) is 0 Å². The zero-order valence-corrected chi connectivity index (χ0v) is 16.7. The maximum atomic E-state index is 14.7. The largest absolute Gasteiger partial charge is 0.497 e. The Morgan fingerprint density at radius 3 is 2.24 bits per heavy atom. The van der Waals surface area contributed by atoms with Gasteiger partial charge in [0.25, 0.3) is 5.91 Å². The van der Waals surface area contributed by atoms with Crippen LogP contribution in [0, 0.1) is 17.6 Å². The summed E-state index contributed by atoms with van der Waals surface area (Å²) in [5.41, 5.74) is -2.35. The molecule has 0 spiro atoms. The lowest BCUT2D eigenvalue weighted by molar-refractivity contribution is -0.184. The van der Waals surface area contributed by atoms with Crippen LogP contribution >= 0.6 is 0 Å². The zero-order chi connectivity index (χ0) is 21.8. The molecule has 10 heteroatoms. The summed E-state index contributed by atoms with van der Waals surface area (Å²) in [5, 5.41) is 0. The molecule has 0 N–H and O–H groups in total. The second kappa shape index (κ2) is 7.23. The maximum absolute atomic E-state index is 14.7. The molecule has 0 bridgehead atoms. The van der Waals surface area contributed by atoms with Crippen LogP contribution in [0.2, 0.25) is 0 Å². The summed E-state index contributed by atoms with van der Waals surface area (Å²) in [4.78, 5) is 13.5. The first kappa shape index (κ1) is 22.0. The number of carbonyl (C=O) groups excluding carboxylic acids is 1. The van der Waals surface area contributed by atoms with Crippen molar-refractivity contribution in [3.8, 4) is 0 Å². The van der Waals surface area contributed by atoms with Gasteiger partial charge in [0, 0.05) is 18.6 Å². The van der Waals surface area contributed by atoms with Crippen molar-refractivity contribution in [2.75, 3.05) is 13.1 Å². The predicted molar refractivity (Wildman–Crippen MR) is 96.8 cm³/mol. The van der Waals surface area contributed by atoms with E-state index < -0.39 is 60.1 Å². The minimum atomic E-state index is -4.44. The smallest absolute Gasteiger partial charge is 0.399 e. The van der Waals surface area contributed by atoms with Crippen molar-refractivity contribution < 1.29 is 36.1 Å². The Labute approximate surface area is 166 Å². The highest BCUT2D eigenvalue weighted by atomic mass is 19.4. The Kier molecular flexibility index (Phi) is 5.49. The van der Waals surface area contributed by atoms with Gasteiger partial charge in [-0.15, -0.1) is 0 Å². The van der Waals surface area contributed by atoms with E-state index in [0.717, 1.165) is 11.0 Å². The van der Waals surface area contributed by atoms with E-state index >= 15 is 0 Å². The summed E-state index contributed by atoms with van der Waals surface area (Å²) in [6, 6.07) is 2.25. The minimum absolute atomic E-state index is 0.0610. The second-order valence-electron chi connectivity index (χ2n) is 8.55. The van der Waals surface area contributed by atoms with Crippen LogP contribution < -0.4 is 5.46 Å². The van der Waals surface area contributed by atoms with Crippen LogP contribution in [0.15, 0.2) is 12.1 Å². The highest BCUT2D eigenvalue weighted by Crippen LogP contribution is 2.37. The van der Waals surface area contributed by atoms with Gasteiger partial charge in [-0.1, -0.05) is 6.07 Å². The molecule has 0 aliphatic carbocycles. The van der Waals surface area contributed by atoms with E-state index in [1.165, 1.54) is 6.07 Å². The number of piperidine rings is 1. The summed E-state index contributed by atoms with van der Waals surface area (Å²) < 4.78 is 79.7. The number of likely N-dealkylation sites (tertiary alicyclic amines) is 1. The van der Waals surface area contributed by atoms with Crippen LogP contribution in [0.4, 0.5) is 22.0 Å². The molecule has 0 radical (unpaired) electrons. The molecule has 2 heterocycles. The number of benzene rings is 1. The normalized spacial score (nSPS) is 24.1. The van der Waals surface area contributed by atoms with Crippen molar-refractivity contribution in [1.29, 1.82) is 0 Å². The van der Waals surface area contributed by atoms with E-state index in [0.29, 0.717) is 0 Å². The Balaban J connectivity index is 1.84. The molecule has 2 saturated heterocycles. The monoisotopic (exact) mass is 419 g/mol. The summed E-state index contributed by atoms with van der Waals surface area (Å²) in [6.45, 7) is 6.52. The van der Waals surface area contributed by atoms with Gasteiger partial charge < -0.3 is 14.2 Å². The molecule has 0 saturated carbocycles. The first-order chi connectivity index (χ1) is 13.2. The molecule has 2 fully saturated rings. The van der Waals surface area contributed by atoms with Crippen molar-refractivity contribution in [3.05, 3.63) is 29.3 Å². The van der Waals surface area contributed by atoms with Crippen molar-refractivity contribution in [1.82, 2.24) is 4.90 Å². The number of rotatable bonds is 2. The topological polar surface area (TPSA) is 38.8 Å². The molecule has 2 aliphatic rings. The standard InChI is InChI=1S/C19H23BF5NO3/c1-17(2)18(3,4)29-20(28-17)13-8-7-12(14(21)15(13)22)16(27)26-9-5-6-11(10-26)19(23,24)25/h7-8,11H,5-6,9-10H2,1-4H3. The number of hydrogen-bond acceptors (Lipinski definition) is 3. The van der Waals surface area contributed by atoms with Crippen LogP contribution in [-0.2, 0) is 9.31 Å². The molecule has 2 aliphatic heterocycles. The summed E-state index contributed by atoms with van der Waals surface area (Å²) >= 11 is 0. The lowest BCUT2D eigenvalue weighted by atomic mass is 9.78. The molecule has 1 atom stereocenters. The average Bonchev–Trinajstić information content (AvgIpc) is 2.83. The van der Waals surface area contributed by atoms with Gasteiger partial charge in [0.05, 0.1) is 22.7 Å². The van der Waals surface area contributed by atoms with Gasteiger partial charge in [-0.05, 0) is 46.6 Å². The van der Waals surface area contributed by atoms with Gasteiger partial charge in [0.2, 0.25) is 0 Å². The van der Waals surface area contributed by atoms with Gasteiger partial charge in [0.1, 0.15) is 0 Å². The zero-order valence-electron chi connectivity index (χ0n) is 16.7. The molecule has 1 aromatic carbocycles. The van der Waals surface area contributed by atoms with Crippen molar-refractivity contribution >= 4 is 18.5 Å². The number of carbonyl (C=O) groups is 1. The van der Waals surface area contributed by atoms with Gasteiger partial charge >= 0.3 is 13.3 Å². The number of hydrogen-bond donors (Lipinski definition) is 0. The molecule has 1 unspecified atom stereocenters. The first-order valence-electron chi connectivity index (χ1n) is 9.44. The Bertz CT molecular complexity index is 796. The fourth-order valence-electron chi connectivity index (χ4n) is 3.48. The van der Waals surface area contributed by atoms with Crippen LogP contribution in [0.1, 0.15) is 50.9 Å². The number of nitrogens with zero attached hydrogens (tertiary/aromatic N) is 1. The van der Waals surface area contributed by atoms with Crippen LogP contribution in [0.5, 0.6) is 0 Å². The first-order valence-corrected chi connectivity index (χ1v) is 9.44. The quantitative estimate of drug-likeness (QED) is 0.543. The van der Waals surface area contributed by atoms with E-state index in [1.54, 1.807) is 27.7 Å². The van der Waals surface area contributed by atoms with E-state index in [2.05, 4.69) is 0 Å².